The van der Waals surface area contributed by atoms with Crippen LogP contribution in [0.2, 0.25) is 0 Å². The van der Waals surface area contributed by atoms with Crippen molar-refractivity contribution in [1.29, 1.82) is 0 Å². The van der Waals surface area contributed by atoms with Gasteiger partial charge in [0, 0.05) is 4.90 Å². The van der Waals surface area contributed by atoms with E-state index in [1.54, 1.807) is 13.8 Å². The predicted octanol–water partition coefficient (Wildman–Crippen LogP) is -1.76. The molecular formula is C9H9NaO4S. The normalized spacial score (nSPS) is 11.7. The summed E-state index contributed by atoms with van der Waals surface area (Å²) in [5.74, 6) is -1.11. The summed E-state index contributed by atoms with van der Waals surface area (Å²) in [6, 6.07) is 2.61. The first kappa shape index (κ1) is 14.8. The van der Waals surface area contributed by atoms with Crippen LogP contribution in [-0.4, -0.2) is 19.8 Å². The first-order valence-corrected chi connectivity index (χ1v) is 4.94. The molecule has 0 saturated heterocycles. The number of carboxylic acids is 1. The van der Waals surface area contributed by atoms with E-state index in [1.807, 2.05) is 0 Å². The number of carbonyl (C=O) groups is 1. The number of hydrogen-bond acceptors (Lipinski definition) is 3. The topological polar surface area (TPSA) is 77.4 Å². The Bertz CT molecular complexity index is 417. The molecule has 0 amide bonds. The fourth-order valence-corrected chi connectivity index (χ4v) is 1.63. The molecule has 4 nitrogen and oxygen atoms in total. The van der Waals surface area contributed by atoms with E-state index in [2.05, 4.69) is 0 Å². The molecule has 1 aromatic rings. The van der Waals surface area contributed by atoms with Gasteiger partial charge in [-0.3, -0.25) is 4.21 Å². The summed E-state index contributed by atoms with van der Waals surface area (Å²) in [6.07, 6.45) is 0. The van der Waals surface area contributed by atoms with Crippen molar-refractivity contribution in [2.45, 2.75) is 18.7 Å². The van der Waals surface area contributed by atoms with E-state index in [1.165, 1.54) is 6.07 Å². The van der Waals surface area contributed by atoms with Gasteiger partial charge in [-0.15, -0.1) is 0 Å². The Labute approximate surface area is 112 Å². The summed E-state index contributed by atoms with van der Waals surface area (Å²) in [5, 5.41) is 8.80. The molecule has 0 aromatic heterocycles. The first-order valence-electron chi connectivity index (χ1n) is 3.87. The minimum absolute atomic E-state index is 0. The molecule has 0 aliphatic carbocycles. The number of benzene rings is 1. The standard InChI is InChI=1S/C9H10O4S.Na/c1-5-3-7(14(12)13)4-8(6(5)2)9(10)11;/h3-4H,1-2H3,(H,10,11)(H,12,13);/q;+1/p-1. The van der Waals surface area contributed by atoms with Gasteiger partial charge < -0.3 is 9.66 Å². The molecule has 6 heteroatoms. The van der Waals surface area contributed by atoms with E-state index in [0.29, 0.717) is 11.1 Å². The molecule has 0 aliphatic rings. The fraction of sp³-hybridized carbons (Fsp3) is 0.222. The van der Waals surface area contributed by atoms with Crippen molar-refractivity contribution in [3.63, 3.8) is 0 Å². The summed E-state index contributed by atoms with van der Waals surface area (Å²) in [5.41, 5.74) is 1.28. The van der Waals surface area contributed by atoms with Crippen LogP contribution in [0.15, 0.2) is 17.0 Å². The smallest absolute Gasteiger partial charge is 0.768 e. The number of rotatable bonds is 2. The second kappa shape index (κ2) is 5.77. The predicted molar refractivity (Wildman–Crippen MR) is 50.1 cm³/mol. The molecule has 0 saturated carbocycles. The average Bonchev–Trinajstić information content (AvgIpc) is 2.08. The molecule has 0 spiro atoms. The molecule has 0 aliphatic heterocycles. The SMILES string of the molecule is Cc1cc(S(=O)[O-])cc(C(=O)O)c1C.[Na+]. The Morgan fingerprint density at radius 2 is 1.93 bits per heavy atom. The summed E-state index contributed by atoms with van der Waals surface area (Å²) in [4.78, 5) is 10.8. The minimum atomic E-state index is -2.39. The van der Waals surface area contributed by atoms with Crippen molar-refractivity contribution in [2.24, 2.45) is 0 Å². The third-order valence-electron chi connectivity index (χ3n) is 2.06. The van der Waals surface area contributed by atoms with Gasteiger partial charge in [0.25, 0.3) is 0 Å². The molecule has 1 aromatic carbocycles. The minimum Gasteiger partial charge on any atom is -0.768 e. The number of aromatic carboxylic acids is 1. The molecule has 15 heavy (non-hydrogen) atoms. The monoisotopic (exact) mass is 236 g/mol. The van der Waals surface area contributed by atoms with E-state index in [0.717, 1.165) is 6.07 Å². The molecule has 0 fully saturated rings. The Hall–Kier alpha value is -0.200. The van der Waals surface area contributed by atoms with Gasteiger partial charge in [-0.2, -0.15) is 0 Å². The van der Waals surface area contributed by atoms with E-state index < -0.39 is 17.0 Å². The first-order chi connectivity index (χ1) is 6.43. The Kier molecular flexibility index (Phi) is 5.69. The molecule has 0 heterocycles. The second-order valence-corrected chi connectivity index (χ2v) is 3.89. The van der Waals surface area contributed by atoms with Crippen LogP contribution in [0.1, 0.15) is 21.5 Å². The maximum atomic E-state index is 10.7. The summed E-state index contributed by atoms with van der Waals surface area (Å²) in [7, 11) is 0. The van der Waals surface area contributed by atoms with Gasteiger partial charge in [0.05, 0.1) is 5.56 Å². The van der Waals surface area contributed by atoms with Gasteiger partial charge in [0.15, 0.2) is 0 Å². The van der Waals surface area contributed by atoms with Gasteiger partial charge in [0.1, 0.15) is 0 Å². The van der Waals surface area contributed by atoms with Gasteiger partial charge in [0.2, 0.25) is 0 Å². The van der Waals surface area contributed by atoms with Crippen LogP contribution < -0.4 is 29.6 Å². The summed E-state index contributed by atoms with van der Waals surface area (Å²) < 4.78 is 21.3. The molecule has 76 valence electrons. The largest absolute Gasteiger partial charge is 1.00 e. The maximum absolute atomic E-state index is 10.7. The molecule has 1 unspecified atom stereocenters. The van der Waals surface area contributed by atoms with Crippen LogP contribution in [0.3, 0.4) is 0 Å². The second-order valence-electron chi connectivity index (χ2n) is 2.95. The van der Waals surface area contributed by atoms with Crippen LogP contribution in [0.25, 0.3) is 0 Å². The van der Waals surface area contributed by atoms with Gasteiger partial charge in [-0.1, -0.05) is 0 Å². The molecule has 0 radical (unpaired) electrons. The summed E-state index contributed by atoms with van der Waals surface area (Å²) >= 11 is -2.39. The van der Waals surface area contributed by atoms with Crippen molar-refractivity contribution in [3.8, 4) is 0 Å². The van der Waals surface area contributed by atoms with Crippen LogP contribution in [-0.2, 0) is 11.1 Å². The molecule has 1 rings (SSSR count). The van der Waals surface area contributed by atoms with Gasteiger partial charge in [-0.05, 0) is 48.2 Å². The van der Waals surface area contributed by atoms with Crippen LogP contribution in [0.5, 0.6) is 0 Å². The number of carboxylic acid groups (broad SMARTS) is 1. The van der Waals surface area contributed by atoms with Crippen molar-refractivity contribution in [1.82, 2.24) is 0 Å². The van der Waals surface area contributed by atoms with Crippen molar-refractivity contribution < 1.29 is 48.2 Å². The summed E-state index contributed by atoms with van der Waals surface area (Å²) in [6.45, 7) is 3.33. The quantitative estimate of drug-likeness (QED) is 0.487. The Balaban J connectivity index is 0.00000196. The molecule has 1 atom stereocenters. The van der Waals surface area contributed by atoms with E-state index >= 15 is 0 Å². The third kappa shape index (κ3) is 3.39. The van der Waals surface area contributed by atoms with E-state index in [4.69, 9.17) is 5.11 Å². The van der Waals surface area contributed by atoms with Crippen molar-refractivity contribution >= 4 is 17.0 Å². The maximum Gasteiger partial charge on any atom is 1.00 e. The van der Waals surface area contributed by atoms with Gasteiger partial charge in [-0.25, -0.2) is 4.79 Å². The zero-order valence-corrected chi connectivity index (χ0v) is 11.6. The van der Waals surface area contributed by atoms with E-state index in [-0.39, 0.29) is 40.0 Å². The third-order valence-corrected chi connectivity index (χ3v) is 2.68. The van der Waals surface area contributed by atoms with Crippen LogP contribution in [0.4, 0.5) is 0 Å². The fourth-order valence-electron chi connectivity index (χ4n) is 1.14. The van der Waals surface area contributed by atoms with E-state index in [9.17, 15) is 13.6 Å². The number of aryl methyl sites for hydroxylation is 1. The number of hydrogen-bond donors (Lipinski definition) is 1. The zero-order valence-electron chi connectivity index (χ0n) is 8.73. The molecule has 1 N–H and O–H groups in total. The van der Waals surface area contributed by atoms with Crippen molar-refractivity contribution in [3.05, 3.63) is 28.8 Å². The average molecular weight is 236 g/mol. The van der Waals surface area contributed by atoms with Crippen LogP contribution >= 0.6 is 0 Å². The molecule has 0 bridgehead atoms. The zero-order chi connectivity index (χ0) is 10.9. The molecular weight excluding hydrogens is 227 g/mol. The Morgan fingerprint density at radius 1 is 1.40 bits per heavy atom. The Morgan fingerprint density at radius 3 is 2.33 bits per heavy atom. The van der Waals surface area contributed by atoms with Crippen LogP contribution in [0, 0.1) is 13.8 Å². The van der Waals surface area contributed by atoms with Crippen molar-refractivity contribution in [2.75, 3.05) is 0 Å². The van der Waals surface area contributed by atoms with Gasteiger partial charge >= 0.3 is 35.5 Å².